The van der Waals surface area contributed by atoms with Crippen LogP contribution in [0.2, 0.25) is 0 Å². The van der Waals surface area contributed by atoms with Crippen LogP contribution in [-0.4, -0.2) is 47.7 Å². The Labute approximate surface area is 171 Å². The van der Waals surface area contributed by atoms with Gasteiger partial charge in [0.1, 0.15) is 17.0 Å². The van der Waals surface area contributed by atoms with Crippen LogP contribution < -0.4 is 10.1 Å². The van der Waals surface area contributed by atoms with Crippen molar-refractivity contribution in [1.82, 2.24) is 15.1 Å². The number of esters is 1. The Bertz CT molecular complexity index is 839. The molecule has 0 aliphatic carbocycles. The van der Waals surface area contributed by atoms with E-state index in [-0.39, 0.29) is 6.61 Å². The zero-order chi connectivity index (χ0) is 21.4. The van der Waals surface area contributed by atoms with Gasteiger partial charge in [-0.05, 0) is 52.3 Å². The number of carbonyl (C=O) groups is 2. The molecule has 0 spiro atoms. The summed E-state index contributed by atoms with van der Waals surface area (Å²) in [5, 5.41) is 7.25. The fourth-order valence-electron chi connectivity index (χ4n) is 2.61. The minimum atomic E-state index is -0.547. The van der Waals surface area contributed by atoms with Gasteiger partial charge >= 0.3 is 12.1 Å². The summed E-state index contributed by atoms with van der Waals surface area (Å²) < 4.78 is 17.2. The van der Waals surface area contributed by atoms with E-state index >= 15 is 0 Å². The standard InChI is InChI=1S/C21H29N3O5/c1-6-28-19(25)18-14-17(15-9-7-10-16(13-15)27-5)23-24(18)12-8-11-22-20(26)29-21(2,3)4/h7,9-10,13-14H,6,8,11-12H2,1-5H3,(H,22,26). The Balaban J connectivity index is 2.09. The van der Waals surface area contributed by atoms with Gasteiger partial charge in [-0.15, -0.1) is 0 Å². The molecule has 1 aromatic heterocycles. The average molecular weight is 403 g/mol. The summed E-state index contributed by atoms with van der Waals surface area (Å²) in [5.74, 6) is 0.269. The first-order chi connectivity index (χ1) is 13.7. The number of aryl methyl sites for hydroxylation is 1. The third-order valence-electron chi connectivity index (χ3n) is 3.84. The first kappa shape index (κ1) is 22.3. The minimum absolute atomic E-state index is 0.276. The van der Waals surface area contributed by atoms with Gasteiger partial charge in [0.05, 0.1) is 19.4 Å². The van der Waals surface area contributed by atoms with Gasteiger partial charge in [-0.1, -0.05) is 12.1 Å². The maximum absolute atomic E-state index is 12.3. The van der Waals surface area contributed by atoms with Crippen LogP contribution in [0.5, 0.6) is 5.75 Å². The van der Waals surface area contributed by atoms with Crippen molar-refractivity contribution in [2.75, 3.05) is 20.3 Å². The molecule has 8 heteroatoms. The predicted octanol–water partition coefficient (Wildman–Crippen LogP) is 3.65. The fraction of sp³-hybridized carbons (Fsp3) is 0.476. The zero-order valence-corrected chi connectivity index (χ0v) is 17.7. The van der Waals surface area contributed by atoms with Gasteiger partial charge in [0, 0.05) is 18.7 Å². The number of nitrogens with zero attached hydrogens (tertiary/aromatic N) is 2. The monoisotopic (exact) mass is 403 g/mol. The highest BCUT2D eigenvalue weighted by Gasteiger charge is 2.18. The van der Waals surface area contributed by atoms with Crippen LogP contribution in [-0.2, 0) is 16.0 Å². The van der Waals surface area contributed by atoms with Crippen molar-refractivity contribution in [2.45, 2.75) is 46.3 Å². The van der Waals surface area contributed by atoms with E-state index in [0.717, 1.165) is 5.56 Å². The topological polar surface area (TPSA) is 91.7 Å². The highest BCUT2D eigenvalue weighted by atomic mass is 16.6. The summed E-state index contributed by atoms with van der Waals surface area (Å²) in [6, 6.07) is 9.16. The first-order valence-electron chi connectivity index (χ1n) is 9.59. The maximum Gasteiger partial charge on any atom is 0.407 e. The first-order valence-corrected chi connectivity index (χ1v) is 9.59. The van der Waals surface area contributed by atoms with Gasteiger partial charge in [-0.25, -0.2) is 9.59 Å². The number of amides is 1. The number of rotatable bonds is 8. The second-order valence-electron chi connectivity index (χ2n) is 7.37. The largest absolute Gasteiger partial charge is 0.497 e. The lowest BCUT2D eigenvalue weighted by Crippen LogP contribution is -2.33. The lowest BCUT2D eigenvalue weighted by Gasteiger charge is -2.19. The van der Waals surface area contributed by atoms with Crippen molar-refractivity contribution in [1.29, 1.82) is 0 Å². The molecular weight excluding hydrogens is 374 g/mol. The summed E-state index contributed by atoms with van der Waals surface area (Å²) in [5.41, 5.74) is 1.30. The number of ether oxygens (including phenoxy) is 3. The van der Waals surface area contributed by atoms with E-state index in [1.54, 1.807) is 24.8 Å². The average Bonchev–Trinajstić information content (AvgIpc) is 3.08. The number of hydrogen-bond donors (Lipinski definition) is 1. The van der Waals surface area contributed by atoms with Crippen molar-refractivity contribution in [3.05, 3.63) is 36.0 Å². The van der Waals surface area contributed by atoms with E-state index in [2.05, 4.69) is 10.4 Å². The third-order valence-corrected chi connectivity index (χ3v) is 3.84. The molecular formula is C21H29N3O5. The number of hydrogen-bond acceptors (Lipinski definition) is 6. The molecule has 0 bridgehead atoms. The van der Waals surface area contributed by atoms with E-state index < -0.39 is 17.7 Å². The number of aromatic nitrogens is 2. The van der Waals surface area contributed by atoms with Gasteiger partial charge in [-0.3, -0.25) is 4.68 Å². The summed E-state index contributed by atoms with van der Waals surface area (Å²) in [4.78, 5) is 24.1. The van der Waals surface area contributed by atoms with Crippen LogP contribution in [0.3, 0.4) is 0 Å². The van der Waals surface area contributed by atoms with Gasteiger partial charge < -0.3 is 19.5 Å². The zero-order valence-electron chi connectivity index (χ0n) is 17.7. The molecule has 0 unspecified atom stereocenters. The predicted molar refractivity (Wildman–Crippen MR) is 109 cm³/mol. The fourth-order valence-corrected chi connectivity index (χ4v) is 2.61. The van der Waals surface area contributed by atoms with Crippen molar-refractivity contribution in [2.24, 2.45) is 0 Å². The molecule has 2 aromatic rings. The Morgan fingerprint density at radius 3 is 2.62 bits per heavy atom. The van der Waals surface area contributed by atoms with Gasteiger partial charge in [-0.2, -0.15) is 5.10 Å². The van der Waals surface area contributed by atoms with Crippen molar-refractivity contribution in [3.63, 3.8) is 0 Å². The van der Waals surface area contributed by atoms with Crippen molar-refractivity contribution >= 4 is 12.1 Å². The van der Waals surface area contributed by atoms with Crippen LogP contribution in [0.15, 0.2) is 30.3 Å². The second kappa shape index (κ2) is 9.95. The molecule has 1 heterocycles. The maximum atomic E-state index is 12.3. The number of nitrogens with one attached hydrogen (secondary N) is 1. The summed E-state index contributed by atoms with van der Waals surface area (Å²) >= 11 is 0. The van der Waals surface area contributed by atoms with E-state index in [0.29, 0.717) is 36.6 Å². The van der Waals surface area contributed by atoms with E-state index in [4.69, 9.17) is 14.2 Å². The highest BCUT2D eigenvalue weighted by molar-refractivity contribution is 5.89. The Kier molecular flexibility index (Phi) is 7.64. The van der Waals surface area contributed by atoms with Crippen LogP contribution in [0, 0.1) is 0 Å². The SMILES string of the molecule is CCOC(=O)c1cc(-c2cccc(OC)c2)nn1CCCNC(=O)OC(C)(C)C. The van der Waals surface area contributed by atoms with E-state index in [9.17, 15) is 9.59 Å². The lowest BCUT2D eigenvalue weighted by molar-refractivity contribution is 0.0501. The molecule has 1 N–H and O–H groups in total. The second-order valence-corrected chi connectivity index (χ2v) is 7.37. The van der Waals surface area contributed by atoms with Crippen molar-refractivity contribution < 1.29 is 23.8 Å². The Hall–Kier alpha value is -3.03. The van der Waals surface area contributed by atoms with Gasteiger partial charge in [0.2, 0.25) is 0 Å². The van der Waals surface area contributed by atoms with Crippen LogP contribution in [0.25, 0.3) is 11.3 Å². The molecule has 0 saturated carbocycles. The number of alkyl carbamates (subject to hydrolysis) is 1. The number of carbonyl (C=O) groups excluding carboxylic acids is 2. The molecule has 8 nitrogen and oxygen atoms in total. The quantitative estimate of drug-likeness (QED) is 0.534. The number of methoxy groups -OCH3 is 1. The summed E-state index contributed by atoms with van der Waals surface area (Å²) in [6.07, 6.45) is 0.103. The molecule has 0 aliphatic rings. The molecule has 0 atom stereocenters. The van der Waals surface area contributed by atoms with Crippen molar-refractivity contribution in [3.8, 4) is 17.0 Å². The number of benzene rings is 1. The molecule has 29 heavy (non-hydrogen) atoms. The molecule has 0 saturated heterocycles. The van der Waals surface area contributed by atoms with E-state index in [1.165, 1.54) is 0 Å². The summed E-state index contributed by atoms with van der Waals surface area (Å²) in [6.45, 7) is 8.29. The van der Waals surface area contributed by atoms with E-state index in [1.807, 2.05) is 45.0 Å². The molecule has 0 aliphatic heterocycles. The van der Waals surface area contributed by atoms with Crippen LogP contribution in [0.4, 0.5) is 4.79 Å². The Morgan fingerprint density at radius 2 is 1.97 bits per heavy atom. The third kappa shape index (κ3) is 6.81. The summed E-state index contributed by atoms with van der Waals surface area (Å²) in [7, 11) is 1.60. The van der Waals surface area contributed by atoms with Gasteiger partial charge in [0.25, 0.3) is 0 Å². The smallest absolute Gasteiger partial charge is 0.407 e. The lowest BCUT2D eigenvalue weighted by atomic mass is 10.1. The molecule has 0 radical (unpaired) electrons. The molecule has 158 valence electrons. The molecule has 0 fully saturated rings. The molecule has 2 rings (SSSR count). The highest BCUT2D eigenvalue weighted by Crippen LogP contribution is 2.24. The Morgan fingerprint density at radius 1 is 1.21 bits per heavy atom. The molecule has 1 amide bonds. The normalized spacial score (nSPS) is 11.1. The minimum Gasteiger partial charge on any atom is -0.497 e. The van der Waals surface area contributed by atoms with Crippen LogP contribution in [0.1, 0.15) is 44.6 Å². The van der Waals surface area contributed by atoms with Crippen LogP contribution >= 0.6 is 0 Å². The molecule has 1 aromatic carbocycles. The van der Waals surface area contributed by atoms with Gasteiger partial charge in [0.15, 0.2) is 0 Å².